The third-order valence-corrected chi connectivity index (χ3v) is 5.72. The van der Waals surface area contributed by atoms with Crippen LogP contribution in [-0.4, -0.2) is 25.9 Å². The van der Waals surface area contributed by atoms with E-state index in [9.17, 15) is 13.2 Å². The molecule has 0 spiro atoms. The van der Waals surface area contributed by atoms with Crippen LogP contribution < -0.4 is 0 Å². The molecule has 0 fully saturated rings. The monoisotopic (exact) mass is 460 g/mol. The summed E-state index contributed by atoms with van der Waals surface area (Å²) in [5.41, 5.74) is 1.53. The molecule has 0 bridgehead atoms. The summed E-state index contributed by atoms with van der Waals surface area (Å²) < 4.78 is 47.3. The van der Waals surface area contributed by atoms with Gasteiger partial charge in [0.15, 0.2) is 0 Å². The molecule has 3 heterocycles. The minimum absolute atomic E-state index is 0.168. The van der Waals surface area contributed by atoms with Crippen molar-refractivity contribution in [3.8, 4) is 22.8 Å². The second-order valence-corrected chi connectivity index (χ2v) is 8.50. The van der Waals surface area contributed by atoms with Crippen LogP contribution in [0.15, 0.2) is 59.4 Å². The van der Waals surface area contributed by atoms with E-state index < -0.39 is 11.6 Å². The number of pyridine rings is 1. The Labute approximate surface area is 187 Å². The molecule has 0 aliphatic carbocycles. The van der Waals surface area contributed by atoms with Gasteiger partial charge in [0, 0.05) is 30.2 Å². The summed E-state index contributed by atoms with van der Waals surface area (Å²) in [6.45, 7) is 4.88. The highest BCUT2D eigenvalue weighted by Crippen LogP contribution is 2.40. The maximum absolute atomic E-state index is 13.3. The lowest BCUT2D eigenvalue weighted by Crippen LogP contribution is -2.36. The molecule has 1 aromatic carbocycles. The topological polar surface area (TPSA) is 56.7 Å². The highest BCUT2D eigenvalue weighted by molar-refractivity contribution is 6.29. The number of halogens is 4. The van der Waals surface area contributed by atoms with Gasteiger partial charge in [0.05, 0.1) is 11.0 Å². The second kappa shape index (κ2) is 8.09. The summed E-state index contributed by atoms with van der Waals surface area (Å²) in [5, 5.41) is 4.43. The fraction of sp³-hybridized carbons (Fsp3) is 0.261. The van der Waals surface area contributed by atoms with Gasteiger partial charge >= 0.3 is 6.18 Å². The molecule has 0 saturated carbocycles. The maximum Gasteiger partial charge on any atom is 0.397 e. The molecule has 32 heavy (non-hydrogen) atoms. The fourth-order valence-corrected chi connectivity index (χ4v) is 3.37. The number of hydrogen-bond acceptors (Lipinski definition) is 4. The number of rotatable bonds is 5. The third kappa shape index (κ3) is 4.27. The van der Waals surface area contributed by atoms with Gasteiger partial charge < -0.3 is 9.09 Å². The highest BCUT2D eigenvalue weighted by Gasteiger charge is 2.48. The van der Waals surface area contributed by atoms with Gasteiger partial charge in [-0.1, -0.05) is 47.1 Å². The molecule has 3 aromatic heterocycles. The lowest BCUT2D eigenvalue weighted by Gasteiger charge is -2.28. The number of benzene rings is 1. The predicted octanol–water partition coefficient (Wildman–Crippen LogP) is 6.45. The summed E-state index contributed by atoms with van der Waals surface area (Å²) >= 11 is 5.84. The predicted molar refractivity (Wildman–Crippen MR) is 115 cm³/mol. The van der Waals surface area contributed by atoms with Crippen LogP contribution in [0.3, 0.4) is 0 Å². The van der Waals surface area contributed by atoms with Crippen molar-refractivity contribution in [3.05, 3.63) is 76.8 Å². The molecule has 0 atom stereocenters. The summed E-state index contributed by atoms with van der Waals surface area (Å²) in [5.74, 6) is 0.638. The average Bonchev–Trinajstić information content (AvgIpc) is 3.36. The van der Waals surface area contributed by atoms with Crippen molar-refractivity contribution in [2.45, 2.75) is 38.9 Å². The van der Waals surface area contributed by atoms with Gasteiger partial charge in [-0.2, -0.15) is 18.2 Å². The van der Waals surface area contributed by atoms with Crippen molar-refractivity contribution in [3.63, 3.8) is 0 Å². The number of aromatic nitrogens is 4. The van der Waals surface area contributed by atoms with E-state index in [1.54, 1.807) is 24.4 Å². The van der Waals surface area contributed by atoms with Crippen molar-refractivity contribution in [1.29, 1.82) is 0 Å². The Hall–Kier alpha value is -3.13. The maximum atomic E-state index is 13.3. The Morgan fingerprint density at radius 2 is 1.75 bits per heavy atom. The lowest BCUT2D eigenvalue weighted by molar-refractivity contribution is -0.180. The highest BCUT2D eigenvalue weighted by atomic mass is 35.5. The molecular formula is C23H20ClF3N4O. The molecule has 0 unspecified atom stereocenters. The summed E-state index contributed by atoms with van der Waals surface area (Å²) in [6.07, 6.45) is -0.729. The van der Waals surface area contributed by atoms with Gasteiger partial charge in [-0.15, -0.1) is 0 Å². The molecule has 166 valence electrons. The molecule has 0 aliphatic heterocycles. The largest absolute Gasteiger partial charge is 0.397 e. The Kier molecular flexibility index (Phi) is 5.58. The van der Waals surface area contributed by atoms with E-state index in [1.165, 1.54) is 12.1 Å². The van der Waals surface area contributed by atoms with Crippen molar-refractivity contribution in [2.24, 2.45) is 0 Å². The van der Waals surface area contributed by atoms with Gasteiger partial charge in [-0.3, -0.25) is 0 Å². The minimum atomic E-state index is -4.35. The molecule has 4 aromatic rings. The number of alkyl halides is 3. The van der Waals surface area contributed by atoms with Crippen LogP contribution in [0, 0.1) is 6.92 Å². The van der Waals surface area contributed by atoms with Crippen LogP contribution >= 0.6 is 11.6 Å². The number of nitrogens with zero attached hydrogens (tertiary/aromatic N) is 4. The Balaban J connectivity index is 1.55. The molecule has 0 aliphatic rings. The first-order chi connectivity index (χ1) is 15.0. The van der Waals surface area contributed by atoms with E-state index in [-0.39, 0.29) is 5.56 Å². The molecule has 0 saturated heterocycles. The molecule has 4 rings (SSSR count). The minimum Gasteiger partial charge on any atom is -0.346 e. The van der Waals surface area contributed by atoms with Gasteiger partial charge in [0.25, 0.3) is 5.89 Å². The lowest BCUT2D eigenvalue weighted by atomic mass is 9.83. The molecule has 9 heteroatoms. The quantitative estimate of drug-likeness (QED) is 0.321. The summed E-state index contributed by atoms with van der Waals surface area (Å²) in [6, 6.07) is 11.6. The Morgan fingerprint density at radius 1 is 1.03 bits per heavy atom. The van der Waals surface area contributed by atoms with Crippen LogP contribution in [-0.2, 0) is 12.0 Å². The fourth-order valence-electron chi connectivity index (χ4n) is 3.26. The normalized spacial score (nSPS) is 12.3. The summed E-state index contributed by atoms with van der Waals surface area (Å²) in [7, 11) is 0. The number of hydrogen-bond donors (Lipinski definition) is 0. The van der Waals surface area contributed by atoms with Crippen molar-refractivity contribution in [2.75, 3.05) is 0 Å². The SMILES string of the molecule is Cc1cc(-c2nc(-c3ccc(C(C)(C)C(F)(F)F)cc3)no2)cn1Cc1ccc(Cl)nc1. The van der Waals surface area contributed by atoms with Crippen molar-refractivity contribution < 1.29 is 17.7 Å². The van der Waals surface area contributed by atoms with E-state index in [0.29, 0.717) is 29.0 Å². The van der Waals surface area contributed by atoms with Crippen LogP contribution in [0.25, 0.3) is 22.8 Å². The average molecular weight is 461 g/mol. The second-order valence-electron chi connectivity index (χ2n) is 8.11. The van der Waals surface area contributed by atoms with E-state index in [2.05, 4.69) is 15.1 Å². The third-order valence-electron chi connectivity index (χ3n) is 5.50. The first-order valence-electron chi connectivity index (χ1n) is 9.83. The van der Waals surface area contributed by atoms with Crippen molar-refractivity contribution in [1.82, 2.24) is 19.7 Å². The molecule has 0 radical (unpaired) electrons. The summed E-state index contributed by atoms with van der Waals surface area (Å²) in [4.78, 5) is 8.51. The molecule has 0 N–H and O–H groups in total. The van der Waals surface area contributed by atoms with Crippen LogP contribution in [0.4, 0.5) is 13.2 Å². The number of aryl methyl sites for hydroxylation is 1. The Morgan fingerprint density at radius 3 is 2.38 bits per heavy atom. The van der Waals surface area contributed by atoms with Gasteiger partial charge in [-0.05, 0) is 44.0 Å². The molecular weight excluding hydrogens is 441 g/mol. The zero-order chi connectivity index (χ0) is 23.1. The first-order valence-corrected chi connectivity index (χ1v) is 10.2. The van der Waals surface area contributed by atoms with E-state index in [0.717, 1.165) is 30.7 Å². The Bertz CT molecular complexity index is 1230. The van der Waals surface area contributed by atoms with Crippen LogP contribution in [0.1, 0.15) is 30.7 Å². The zero-order valence-corrected chi connectivity index (χ0v) is 18.4. The molecule has 5 nitrogen and oxygen atoms in total. The van der Waals surface area contributed by atoms with E-state index >= 15 is 0 Å². The van der Waals surface area contributed by atoms with E-state index in [1.807, 2.05) is 29.8 Å². The van der Waals surface area contributed by atoms with E-state index in [4.69, 9.17) is 16.1 Å². The van der Waals surface area contributed by atoms with Gasteiger partial charge in [0.2, 0.25) is 5.82 Å². The first kappa shape index (κ1) is 22.1. The van der Waals surface area contributed by atoms with Gasteiger partial charge in [-0.25, -0.2) is 4.98 Å². The molecule has 0 amide bonds. The van der Waals surface area contributed by atoms with Crippen molar-refractivity contribution >= 4 is 11.6 Å². The smallest absolute Gasteiger partial charge is 0.346 e. The van der Waals surface area contributed by atoms with Crippen LogP contribution in [0.2, 0.25) is 5.15 Å². The van der Waals surface area contributed by atoms with Crippen LogP contribution in [0.5, 0.6) is 0 Å². The van der Waals surface area contributed by atoms with Gasteiger partial charge in [0.1, 0.15) is 5.15 Å². The zero-order valence-electron chi connectivity index (χ0n) is 17.6. The standard InChI is InChI=1S/C23H20ClF3N4O/c1-14-10-17(13-31(14)12-15-4-9-19(24)28-11-15)21-29-20(30-32-21)16-5-7-18(8-6-16)22(2,3)23(25,26)27/h4-11,13H,12H2,1-3H3.